The van der Waals surface area contributed by atoms with Crippen molar-refractivity contribution in [2.45, 2.75) is 102 Å². The van der Waals surface area contributed by atoms with Crippen LogP contribution in [0.5, 0.6) is 11.5 Å². The molecule has 0 bridgehead atoms. The lowest BCUT2D eigenvalue weighted by Gasteiger charge is -2.52. The molecule has 2 aromatic carbocycles. The molecule has 2 aromatic rings. The Morgan fingerprint density at radius 2 is 1.54 bits per heavy atom. The van der Waals surface area contributed by atoms with E-state index in [-0.39, 0.29) is 23.6 Å². The van der Waals surface area contributed by atoms with Crippen LogP contribution in [-0.4, -0.2) is 87.9 Å². The minimum atomic E-state index is -0.849. The fraction of sp³-hybridized carbons (Fsp3) is 0.595. The number of hydrogen-bond donors (Lipinski definition) is 2. The van der Waals surface area contributed by atoms with Crippen LogP contribution in [0.15, 0.2) is 48.5 Å². The molecule has 0 unspecified atom stereocenters. The number of benzene rings is 2. The van der Waals surface area contributed by atoms with Gasteiger partial charge in [0, 0.05) is 44.8 Å². The van der Waals surface area contributed by atoms with Crippen LogP contribution in [-0.2, 0) is 16.1 Å². The van der Waals surface area contributed by atoms with Gasteiger partial charge in [-0.25, -0.2) is 0 Å². The second kappa shape index (κ2) is 14.6. The average molecular weight is 631 g/mol. The van der Waals surface area contributed by atoms with Crippen LogP contribution in [0.3, 0.4) is 0 Å². The lowest BCUT2D eigenvalue weighted by Crippen LogP contribution is -2.75. The number of amides is 3. The van der Waals surface area contributed by atoms with Crippen LogP contribution < -0.4 is 10.1 Å². The lowest BCUT2D eigenvalue weighted by atomic mass is 9.78. The third-order valence-corrected chi connectivity index (χ3v) is 10.7. The first kappa shape index (κ1) is 32.5. The third-order valence-electron chi connectivity index (χ3n) is 10.7. The van der Waals surface area contributed by atoms with Gasteiger partial charge in [0.25, 0.3) is 5.91 Å². The number of nitrogens with one attached hydrogen (secondary N) is 1. The largest absolute Gasteiger partial charge is 0.457 e. The van der Waals surface area contributed by atoms with E-state index in [1.165, 1.54) is 6.42 Å². The van der Waals surface area contributed by atoms with Gasteiger partial charge in [0.05, 0.1) is 6.10 Å². The van der Waals surface area contributed by atoms with Crippen LogP contribution >= 0.6 is 0 Å². The standard InChI is InChI=1S/C37H50N4O5/c1-2-3-23-41-35(44)32(33(42)28-9-5-4-6-10-28)38-36(45)37(41)19-24-39(25-20-37)26-27-11-15-30(16-12-27)46-31-17-13-29(14-18-31)34(43)40-21-7-8-22-40/h11-18,28,32-33,42H,2-10,19-26H2,1H3,(H,38,45)/t32-,33-/m1/s1. The Morgan fingerprint density at radius 3 is 2.17 bits per heavy atom. The van der Waals surface area contributed by atoms with Gasteiger partial charge < -0.3 is 25.0 Å². The molecular weight excluding hydrogens is 580 g/mol. The highest BCUT2D eigenvalue weighted by Gasteiger charge is 2.55. The molecule has 1 saturated carbocycles. The molecule has 1 spiro atoms. The zero-order valence-electron chi connectivity index (χ0n) is 27.3. The number of nitrogens with zero attached hydrogens (tertiary/aromatic N) is 3. The van der Waals surface area contributed by atoms with Gasteiger partial charge in [0.2, 0.25) is 11.8 Å². The van der Waals surface area contributed by atoms with Crippen LogP contribution in [0.25, 0.3) is 0 Å². The van der Waals surface area contributed by atoms with Gasteiger partial charge in [-0.05, 0) is 92.8 Å². The first-order chi connectivity index (χ1) is 22.4. The SMILES string of the molecule is CCCCN1C(=O)[C@@H]([C@H](O)C2CCCCC2)NC(=O)C12CCN(Cc1ccc(Oc3ccc(C(=O)N4CCCC4)cc3)cc1)CC2. The van der Waals surface area contributed by atoms with Crippen LogP contribution in [0.1, 0.15) is 93.5 Å². The minimum Gasteiger partial charge on any atom is -0.457 e. The number of likely N-dealkylation sites (tertiary alicyclic amines) is 2. The summed E-state index contributed by atoms with van der Waals surface area (Å²) in [7, 11) is 0. The molecule has 0 aromatic heterocycles. The first-order valence-electron chi connectivity index (χ1n) is 17.6. The van der Waals surface area contributed by atoms with Crippen LogP contribution in [0.4, 0.5) is 0 Å². The maximum absolute atomic E-state index is 13.9. The van der Waals surface area contributed by atoms with Gasteiger partial charge in [-0.3, -0.25) is 19.3 Å². The molecule has 3 aliphatic heterocycles. The molecule has 2 atom stereocenters. The van der Waals surface area contributed by atoms with Crippen LogP contribution in [0, 0.1) is 5.92 Å². The van der Waals surface area contributed by atoms with Crippen molar-refractivity contribution in [1.29, 1.82) is 0 Å². The smallest absolute Gasteiger partial charge is 0.253 e. The van der Waals surface area contributed by atoms with Gasteiger partial charge >= 0.3 is 0 Å². The Bertz CT molecular complexity index is 1340. The minimum absolute atomic E-state index is 0.0690. The normalized spacial score (nSPS) is 23.0. The molecule has 9 heteroatoms. The van der Waals surface area contributed by atoms with Gasteiger partial charge in [-0.1, -0.05) is 44.7 Å². The van der Waals surface area contributed by atoms with E-state index >= 15 is 0 Å². The first-order valence-corrected chi connectivity index (χ1v) is 17.6. The molecule has 1 aliphatic carbocycles. The van der Waals surface area contributed by atoms with Crippen molar-refractivity contribution in [2.24, 2.45) is 5.92 Å². The Balaban J connectivity index is 1.04. The number of aliphatic hydroxyl groups is 1. The Hall–Kier alpha value is -3.43. The van der Waals surface area contributed by atoms with E-state index in [4.69, 9.17) is 4.74 Å². The maximum Gasteiger partial charge on any atom is 0.253 e. The highest BCUT2D eigenvalue weighted by atomic mass is 16.5. The summed E-state index contributed by atoms with van der Waals surface area (Å²) in [5.74, 6) is 1.36. The van der Waals surface area contributed by atoms with E-state index in [0.29, 0.717) is 43.8 Å². The summed E-state index contributed by atoms with van der Waals surface area (Å²) in [6.07, 6.45) is 9.40. The summed E-state index contributed by atoms with van der Waals surface area (Å²) in [6, 6.07) is 14.5. The van der Waals surface area contributed by atoms with Crippen molar-refractivity contribution >= 4 is 17.7 Å². The maximum atomic E-state index is 13.9. The molecule has 4 fully saturated rings. The van der Waals surface area contributed by atoms with E-state index in [9.17, 15) is 19.5 Å². The number of unbranched alkanes of at least 4 members (excludes halogenated alkanes) is 1. The number of carbonyl (C=O) groups excluding carboxylic acids is 3. The number of hydrogen-bond acceptors (Lipinski definition) is 6. The summed E-state index contributed by atoms with van der Waals surface area (Å²) in [5.41, 5.74) is 0.989. The topological polar surface area (TPSA) is 102 Å². The number of ether oxygens (including phenoxy) is 1. The van der Waals surface area contributed by atoms with Crippen molar-refractivity contribution in [3.8, 4) is 11.5 Å². The highest BCUT2D eigenvalue weighted by molar-refractivity contribution is 6.00. The molecule has 46 heavy (non-hydrogen) atoms. The zero-order valence-corrected chi connectivity index (χ0v) is 27.3. The van der Waals surface area contributed by atoms with E-state index in [2.05, 4.69) is 29.3 Å². The Kier molecular flexibility index (Phi) is 10.3. The van der Waals surface area contributed by atoms with Gasteiger partial charge in [0.1, 0.15) is 23.1 Å². The zero-order chi connectivity index (χ0) is 32.1. The molecule has 6 rings (SSSR count). The summed E-state index contributed by atoms with van der Waals surface area (Å²) < 4.78 is 6.05. The van der Waals surface area contributed by atoms with Crippen molar-refractivity contribution in [1.82, 2.24) is 20.0 Å². The van der Waals surface area contributed by atoms with E-state index < -0.39 is 17.7 Å². The molecular formula is C37H50N4O5. The van der Waals surface area contributed by atoms with E-state index in [0.717, 1.165) is 82.3 Å². The summed E-state index contributed by atoms with van der Waals surface area (Å²) in [5, 5.41) is 14.2. The Morgan fingerprint density at radius 1 is 0.913 bits per heavy atom. The average Bonchev–Trinajstić information content (AvgIpc) is 3.64. The summed E-state index contributed by atoms with van der Waals surface area (Å²) in [6.45, 7) is 6.48. The molecule has 2 N–H and O–H groups in total. The fourth-order valence-corrected chi connectivity index (χ4v) is 7.86. The monoisotopic (exact) mass is 630 g/mol. The van der Waals surface area contributed by atoms with Gasteiger partial charge in [0.15, 0.2) is 0 Å². The summed E-state index contributed by atoms with van der Waals surface area (Å²) in [4.78, 5) is 46.4. The van der Waals surface area contributed by atoms with Gasteiger partial charge in [-0.2, -0.15) is 0 Å². The number of piperazine rings is 1. The number of aliphatic hydroxyl groups excluding tert-OH is 1. The quantitative estimate of drug-likeness (QED) is 0.378. The van der Waals surface area contributed by atoms with E-state index in [1.807, 2.05) is 46.2 Å². The highest BCUT2D eigenvalue weighted by Crippen LogP contribution is 2.36. The van der Waals surface area contributed by atoms with Crippen molar-refractivity contribution in [3.05, 3.63) is 59.7 Å². The second-order valence-electron chi connectivity index (χ2n) is 13.8. The van der Waals surface area contributed by atoms with Gasteiger partial charge in [-0.15, -0.1) is 0 Å². The van der Waals surface area contributed by atoms with Crippen molar-refractivity contribution < 1.29 is 24.2 Å². The molecule has 0 radical (unpaired) electrons. The molecule has 4 aliphatic rings. The second-order valence-corrected chi connectivity index (χ2v) is 13.8. The number of rotatable bonds is 10. The molecule has 9 nitrogen and oxygen atoms in total. The fourth-order valence-electron chi connectivity index (χ4n) is 7.86. The molecule has 3 amide bonds. The van der Waals surface area contributed by atoms with Crippen molar-refractivity contribution in [2.75, 3.05) is 32.7 Å². The number of carbonyl (C=O) groups is 3. The van der Waals surface area contributed by atoms with Crippen molar-refractivity contribution in [3.63, 3.8) is 0 Å². The molecule has 3 saturated heterocycles. The summed E-state index contributed by atoms with van der Waals surface area (Å²) >= 11 is 0. The molecule has 3 heterocycles. The predicted molar refractivity (Wildman–Crippen MR) is 176 cm³/mol. The lowest BCUT2D eigenvalue weighted by molar-refractivity contribution is -0.166. The van der Waals surface area contributed by atoms with Crippen LogP contribution in [0.2, 0.25) is 0 Å². The number of piperidine rings is 1. The molecule has 248 valence electrons. The predicted octanol–water partition coefficient (Wildman–Crippen LogP) is 5.12. The van der Waals surface area contributed by atoms with E-state index in [1.54, 1.807) is 0 Å². The Labute approximate surface area is 273 Å². The third kappa shape index (κ3) is 6.95.